The second-order valence-electron chi connectivity index (χ2n) is 26.1. The van der Waals surface area contributed by atoms with Crippen molar-refractivity contribution in [2.75, 3.05) is 79.5 Å². The summed E-state index contributed by atoms with van der Waals surface area (Å²) in [5.74, 6) is 3.49. The van der Waals surface area contributed by atoms with E-state index in [-0.39, 0.29) is 53.1 Å². The highest BCUT2D eigenvalue weighted by Crippen LogP contribution is 2.43. The van der Waals surface area contributed by atoms with E-state index >= 15 is 0 Å². The molecule has 3 aliphatic carbocycles. The quantitative estimate of drug-likeness (QED) is 0.0317. The average Bonchev–Trinajstić information content (AvgIpc) is 1.78. The van der Waals surface area contributed by atoms with Crippen LogP contribution in [0.5, 0.6) is 0 Å². The van der Waals surface area contributed by atoms with E-state index in [1.165, 1.54) is 6.42 Å². The number of nitrogen functional groups attached to an aromatic ring is 1. The van der Waals surface area contributed by atoms with Crippen LogP contribution in [0.25, 0.3) is 62.4 Å². The Bertz CT molecular complexity index is 3970. The van der Waals surface area contributed by atoms with Gasteiger partial charge in [0, 0.05) is 117 Å². The summed E-state index contributed by atoms with van der Waals surface area (Å²) in [6.07, 6.45) is 18.3. The number of aromatic amines is 1. The molecular formula is C66H87BrN18O5S3. The van der Waals surface area contributed by atoms with E-state index in [0.717, 1.165) is 174 Å². The van der Waals surface area contributed by atoms with Gasteiger partial charge < -0.3 is 58.2 Å². The van der Waals surface area contributed by atoms with Crippen LogP contribution in [-0.2, 0) is 23.9 Å². The normalized spacial score (nSPS) is 17.3. The Labute approximate surface area is 562 Å². The number of thiophene rings is 3. The predicted molar refractivity (Wildman–Crippen MR) is 379 cm³/mol. The summed E-state index contributed by atoms with van der Waals surface area (Å²) in [4.78, 5) is 51.9. The van der Waals surface area contributed by atoms with E-state index in [2.05, 4.69) is 156 Å². The fraction of sp³-hybridized carbons (Fsp3) is 0.500. The van der Waals surface area contributed by atoms with Crippen molar-refractivity contribution in [3.05, 3.63) is 77.7 Å². The van der Waals surface area contributed by atoms with E-state index in [4.69, 9.17) is 30.9 Å². The first kappa shape index (κ1) is 67.2. The Morgan fingerprint density at radius 1 is 0.570 bits per heavy atom. The maximum Gasteiger partial charge on any atom is 0.223 e. The fourth-order valence-electron chi connectivity index (χ4n) is 10.7. The Morgan fingerprint density at radius 2 is 1.03 bits per heavy atom. The summed E-state index contributed by atoms with van der Waals surface area (Å²) in [5.41, 5.74) is 18.8. The van der Waals surface area contributed by atoms with Crippen LogP contribution in [0, 0.1) is 17.8 Å². The molecule has 2 unspecified atom stereocenters. The number of ether oxygens (including phenoxy) is 2. The van der Waals surface area contributed by atoms with Crippen LogP contribution >= 0.6 is 49.9 Å². The number of hydrogen-bond acceptors (Lipinski definition) is 20. The summed E-state index contributed by atoms with van der Waals surface area (Å²) in [5, 5.41) is 38.6. The van der Waals surface area contributed by atoms with Crippen molar-refractivity contribution in [3.8, 4) is 31.7 Å². The molecule has 3 saturated carbocycles. The van der Waals surface area contributed by atoms with E-state index in [1.807, 2.05) is 40.0 Å². The number of fused-ring (bicyclic) bond motifs is 3. The number of rotatable bonds is 20. The first-order chi connectivity index (χ1) is 44.8. The number of aromatic nitrogens is 9. The van der Waals surface area contributed by atoms with Gasteiger partial charge in [-0.05, 0) is 177 Å². The van der Waals surface area contributed by atoms with Gasteiger partial charge in [-0.2, -0.15) is 15.3 Å². The molecule has 0 radical (unpaired) electrons. The van der Waals surface area contributed by atoms with Gasteiger partial charge in [0.2, 0.25) is 17.7 Å². The van der Waals surface area contributed by atoms with Crippen LogP contribution < -0.4 is 48.7 Å². The second kappa shape index (κ2) is 30.4. The van der Waals surface area contributed by atoms with E-state index in [0.29, 0.717) is 51.0 Å². The largest absolute Gasteiger partial charge is 0.384 e. The molecule has 2 aliphatic heterocycles. The highest BCUT2D eigenvalue weighted by Gasteiger charge is 2.31. The van der Waals surface area contributed by atoms with Crippen molar-refractivity contribution in [3.63, 3.8) is 0 Å². The van der Waals surface area contributed by atoms with Gasteiger partial charge in [-0.1, -0.05) is 0 Å². The molecule has 2 saturated heterocycles. The maximum atomic E-state index is 12.0. The molecule has 23 nitrogen and oxygen atoms in total. The second-order valence-corrected chi connectivity index (χ2v) is 30.1. The van der Waals surface area contributed by atoms with Crippen LogP contribution in [0.15, 0.2) is 77.7 Å². The Hall–Kier alpha value is -7.27. The molecule has 0 spiro atoms. The first-order valence-corrected chi connectivity index (χ1v) is 35.7. The third kappa shape index (κ3) is 18.6. The van der Waals surface area contributed by atoms with Gasteiger partial charge in [-0.3, -0.25) is 19.5 Å². The maximum absolute atomic E-state index is 12.0. The van der Waals surface area contributed by atoms with Crippen molar-refractivity contribution in [1.29, 1.82) is 0 Å². The molecule has 0 bridgehead atoms. The van der Waals surface area contributed by atoms with Crippen molar-refractivity contribution in [2.24, 2.45) is 23.5 Å². The Morgan fingerprint density at radius 3 is 1.51 bits per heavy atom. The lowest BCUT2D eigenvalue weighted by Crippen LogP contribution is -2.30. The van der Waals surface area contributed by atoms with Crippen LogP contribution in [-0.4, -0.2) is 126 Å². The number of pyridine rings is 3. The van der Waals surface area contributed by atoms with E-state index in [9.17, 15) is 14.4 Å². The highest BCUT2D eigenvalue weighted by molar-refractivity contribution is 9.10. The van der Waals surface area contributed by atoms with Crippen molar-refractivity contribution < 1.29 is 23.9 Å². The van der Waals surface area contributed by atoms with Gasteiger partial charge in [0.25, 0.3) is 0 Å². The smallest absolute Gasteiger partial charge is 0.223 e. The lowest BCUT2D eigenvalue weighted by Gasteiger charge is -2.24. The number of amides is 3. The Kier molecular flexibility index (Phi) is 22.0. The van der Waals surface area contributed by atoms with Gasteiger partial charge >= 0.3 is 0 Å². The number of hydrogen-bond donors (Lipinski definition) is 10. The van der Waals surface area contributed by atoms with Crippen LogP contribution in [0.1, 0.15) is 131 Å². The molecule has 5 fully saturated rings. The summed E-state index contributed by atoms with van der Waals surface area (Å²) in [6.45, 7) is 18.0. The summed E-state index contributed by atoms with van der Waals surface area (Å²) in [7, 11) is 0. The monoisotopic (exact) mass is 1390 g/mol. The third-order valence-corrected chi connectivity index (χ3v) is 20.1. The van der Waals surface area contributed by atoms with Crippen LogP contribution in [0.3, 0.4) is 0 Å². The number of nitrogens with two attached hydrogens (primary N) is 2. The zero-order chi connectivity index (χ0) is 65.2. The van der Waals surface area contributed by atoms with Gasteiger partial charge in [-0.15, -0.1) is 34.0 Å². The standard InChI is InChI=1S/C25H34N6O2S.C19H23BrN4OS.C16H18N6OS.C6H12N2O/c1-25(2,3)30-21-15-17(26-11-12-27-24(32)16-7-8-16)23-18(29-21)14-20(34-23)19-9-10-28-31(19)22-6-4-5-13-33-22;1-19(2,3)23-16-10-12(20)18-13(22-16)11-15(26-18)14-7-8-21-24(14)17-6-4-5-9-25-17;17-14-8-11(18-5-6-19-16(23)9-1-2-9)15-12(21-14)7-13(24-15)10-3-4-20-22-10;7-3-4-8-6(9)5-1-2-5/h9-10,14-16,22H,4-8,11-13H2,1-3H3,(H,27,32)(H2,26,29,30);7-8,10-11,17H,4-6,9H2,1-3H3,(H,22,23);3-4,7-9H,1-2,5-6H2,(H,19,23)(H,20,22)(H3,17,18,21);5H,1-4,7H2,(H,8,9). The number of carbonyl (C=O) groups excluding carboxylic acids is 3. The molecule has 3 amide bonds. The molecule has 11 heterocycles. The van der Waals surface area contributed by atoms with Gasteiger partial charge in [0.05, 0.1) is 73.7 Å². The number of nitrogens with zero attached hydrogens (tertiary/aromatic N) is 8. The molecule has 9 aromatic heterocycles. The van der Waals surface area contributed by atoms with Crippen LogP contribution in [0.4, 0.5) is 28.8 Å². The minimum absolute atomic E-state index is 0.0114. The predicted octanol–water partition coefficient (Wildman–Crippen LogP) is 12.5. The zero-order valence-corrected chi connectivity index (χ0v) is 57.9. The number of carbonyl (C=O) groups is 3. The van der Waals surface area contributed by atoms with Gasteiger partial charge in [-0.25, -0.2) is 24.3 Å². The number of nitrogens with one attached hydrogen (secondary N) is 8. The van der Waals surface area contributed by atoms with E-state index in [1.54, 1.807) is 40.2 Å². The Balaban J connectivity index is 0.000000135. The van der Waals surface area contributed by atoms with Crippen LogP contribution in [0.2, 0.25) is 0 Å². The lowest BCUT2D eigenvalue weighted by atomic mass is 10.1. The molecule has 0 aromatic carbocycles. The summed E-state index contributed by atoms with van der Waals surface area (Å²) >= 11 is 8.78. The van der Waals surface area contributed by atoms with Crippen molar-refractivity contribution in [1.82, 2.24) is 60.7 Å². The van der Waals surface area contributed by atoms with E-state index < -0.39 is 0 Å². The SMILES string of the molecule is CC(C)(C)Nc1cc(Br)c2sc(-c3ccnn3C3CCCCO3)cc2n1.CC(C)(C)Nc1cc(NCCNC(=O)C2CC2)c2sc(-c3ccnn3C3CCCCO3)cc2n1.NCCNC(=O)C1CC1.Nc1cc(NCCNC(=O)C2CC2)c2sc(-c3ccn[nH]3)cc2n1. The fourth-order valence-corrected chi connectivity index (χ4v) is 14.6. The number of anilines is 5. The highest BCUT2D eigenvalue weighted by atomic mass is 79.9. The van der Waals surface area contributed by atoms with Crippen molar-refractivity contribution >= 4 is 127 Å². The third-order valence-electron chi connectivity index (χ3n) is 15.7. The number of H-pyrrole nitrogens is 1. The van der Waals surface area contributed by atoms with Gasteiger partial charge in [0.1, 0.15) is 17.5 Å². The lowest BCUT2D eigenvalue weighted by molar-refractivity contribution is -0.123. The molecule has 2 atom stereocenters. The summed E-state index contributed by atoms with van der Waals surface area (Å²) in [6, 6.07) is 18.3. The zero-order valence-electron chi connectivity index (χ0n) is 53.8. The minimum Gasteiger partial charge on any atom is -0.384 e. The molecule has 27 heteroatoms. The molecule has 12 N–H and O–H groups in total. The minimum atomic E-state index is -0.105. The summed E-state index contributed by atoms with van der Waals surface area (Å²) < 4.78 is 20.3. The molecule has 5 aliphatic rings. The molecule has 496 valence electrons. The molecule has 9 aromatic rings. The first-order valence-electron chi connectivity index (χ1n) is 32.5. The topological polar surface area (TPSA) is 309 Å². The van der Waals surface area contributed by atoms with Crippen molar-refractivity contribution in [2.45, 2.75) is 142 Å². The van der Waals surface area contributed by atoms with Gasteiger partial charge in [0.15, 0.2) is 12.5 Å². The molecular weight excluding hydrogens is 1300 g/mol. The molecule has 93 heavy (non-hydrogen) atoms. The average molecular weight is 1390 g/mol. The molecule has 14 rings (SSSR count). The number of halogens is 1.